The van der Waals surface area contributed by atoms with Crippen LogP contribution in [-0.4, -0.2) is 33.2 Å². The summed E-state index contributed by atoms with van der Waals surface area (Å²) >= 11 is 11.7. The van der Waals surface area contributed by atoms with Crippen molar-refractivity contribution in [1.29, 1.82) is 0 Å². The third kappa shape index (κ3) is 5.45. The van der Waals surface area contributed by atoms with Crippen molar-refractivity contribution in [3.63, 3.8) is 0 Å². The fourth-order valence-electron chi connectivity index (χ4n) is 1.83. The van der Waals surface area contributed by atoms with E-state index in [1.165, 1.54) is 36.4 Å². The van der Waals surface area contributed by atoms with Gasteiger partial charge in [0.25, 0.3) is 5.91 Å². The molecular formula is C16H13Cl2NO5S. The molecule has 2 aromatic rings. The smallest absolute Gasteiger partial charge is 0.338 e. The summed E-state index contributed by atoms with van der Waals surface area (Å²) in [7, 11) is -3.35. The molecule has 6 nitrogen and oxygen atoms in total. The van der Waals surface area contributed by atoms with Crippen molar-refractivity contribution in [3.8, 4) is 0 Å². The Balaban J connectivity index is 1.94. The topological polar surface area (TPSA) is 89.5 Å². The molecule has 0 unspecified atom stereocenters. The van der Waals surface area contributed by atoms with E-state index in [9.17, 15) is 18.0 Å². The van der Waals surface area contributed by atoms with Crippen molar-refractivity contribution in [2.45, 2.75) is 4.90 Å². The lowest BCUT2D eigenvalue weighted by molar-refractivity contribution is -0.119. The fraction of sp³-hybridized carbons (Fsp3) is 0.125. The minimum absolute atomic E-state index is 0.0826. The van der Waals surface area contributed by atoms with Gasteiger partial charge >= 0.3 is 5.97 Å². The summed E-state index contributed by atoms with van der Waals surface area (Å²) in [4.78, 5) is 23.8. The molecule has 2 rings (SSSR count). The van der Waals surface area contributed by atoms with E-state index < -0.39 is 28.3 Å². The number of hydrogen-bond donors (Lipinski definition) is 1. The van der Waals surface area contributed by atoms with E-state index in [4.69, 9.17) is 27.9 Å². The first-order valence-electron chi connectivity index (χ1n) is 6.89. The van der Waals surface area contributed by atoms with Gasteiger partial charge < -0.3 is 10.1 Å². The number of hydrogen-bond acceptors (Lipinski definition) is 5. The molecule has 0 bridgehead atoms. The van der Waals surface area contributed by atoms with Crippen LogP contribution in [0.15, 0.2) is 47.4 Å². The Morgan fingerprint density at radius 3 is 2.28 bits per heavy atom. The molecule has 1 N–H and O–H groups in total. The average Bonchev–Trinajstić information content (AvgIpc) is 2.54. The van der Waals surface area contributed by atoms with Crippen LogP contribution in [0.1, 0.15) is 10.4 Å². The van der Waals surface area contributed by atoms with E-state index in [1.54, 1.807) is 6.07 Å². The van der Waals surface area contributed by atoms with Crippen LogP contribution >= 0.6 is 23.2 Å². The highest BCUT2D eigenvalue weighted by Gasteiger charge is 2.13. The molecule has 0 spiro atoms. The van der Waals surface area contributed by atoms with Crippen LogP contribution in [0.25, 0.3) is 0 Å². The monoisotopic (exact) mass is 401 g/mol. The van der Waals surface area contributed by atoms with Gasteiger partial charge in [0.15, 0.2) is 16.4 Å². The Morgan fingerprint density at radius 2 is 1.72 bits per heavy atom. The molecule has 0 aliphatic heterocycles. The number of carbonyl (C=O) groups is 2. The van der Waals surface area contributed by atoms with Crippen LogP contribution in [0.4, 0.5) is 5.69 Å². The highest BCUT2D eigenvalue weighted by Crippen LogP contribution is 2.25. The molecule has 9 heteroatoms. The zero-order chi connectivity index (χ0) is 18.6. The number of esters is 1. The van der Waals surface area contributed by atoms with Crippen molar-refractivity contribution >= 4 is 50.6 Å². The lowest BCUT2D eigenvalue weighted by atomic mass is 10.2. The lowest BCUT2D eigenvalue weighted by Crippen LogP contribution is -2.21. The molecule has 132 valence electrons. The lowest BCUT2D eigenvalue weighted by Gasteiger charge is -2.08. The van der Waals surface area contributed by atoms with E-state index in [2.05, 4.69) is 5.32 Å². The minimum Gasteiger partial charge on any atom is -0.452 e. The molecule has 1 amide bonds. The number of anilines is 1. The third-order valence-electron chi connectivity index (χ3n) is 3.06. The van der Waals surface area contributed by atoms with E-state index in [0.717, 1.165) is 6.26 Å². The van der Waals surface area contributed by atoms with Crippen molar-refractivity contribution in [1.82, 2.24) is 0 Å². The quantitative estimate of drug-likeness (QED) is 0.776. The van der Waals surface area contributed by atoms with Crippen LogP contribution < -0.4 is 5.32 Å². The first kappa shape index (κ1) is 19.2. The summed E-state index contributed by atoms with van der Waals surface area (Å²) in [5.41, 5.74) is 0.467. The third-order valence-corrected chi connectivity index (χ3v) is 4.73. The Labute approximate surface area is 154 Å². The van der Waals surface area contributed by atoms with Crippen molar-refractivity contribution in [2.75, 3.05) is 18.2 Å². The highest BCUT2D eigenvalue weighted by molar-refractivity contribution is 7.90. The van der Waals surface area contributed by atoms with Crippen molar-refractivity contribution in [3.05, 3.63) is 58.1 Å². The van der Waals surface area contributed by atoms with E-state index in [0.29, 0.717) is 10.7 Å². The molecule has 0 aromatic heterocycles. The molecule has 0 radical (unpaired) electrons. The predicted octanol–water partition coefficient (Wildman–Crippen LogP) is 3.19. The molecule has 0 saturated carbocycles. The van der Waals surface area contributed by atoms with Gasteiger partial charge in [-0.25, -0.2) is 13.2 Å². The summed E-state index contributed by atoms with van der Waals surface area (Å²) in [6.45, 7) is -0.522. The average molecular weight is 402 g/mol. The van der Waals surface area contributed by atoms with Crippen LogP contribution in [0.2, 0.25) is 10.0 Å². The number of sulfone groups is 1. The molecule has 0 saturated heterocycles. The van der Waals surface area contributed by atoms with Gasteiger partial charge in [-0.05, 0) is 42.5 Å². The van der Waals surface area contributed by atoms with E-state index >= 15 is 0 Å². The number of ether oxygens (including phenoxy) is 1. The number of amides is 1. The maximum absolute atomic E-state index is 11.9. The molecule has 25 heavy (non-hydrogen) atoms. The Kier molecular flexibility index (Phi) is 6.05. The number of carbonyl (C=O) groups excluding carboxylic acids is 2. The second-order valence-electron chi connectivity index (χ2n) is 5.05. The van der Waals surface area contributed by atoms with Gasteiger partial charge in [0, 0.05) is 11.3 Å². The molecule has 0 fully saturated rings. The van der Waals surface area contributed by atoms with Crippen LogP contribution in [0, 0.1) is 0 Å². The standard InChI is InChI=1S/C16H13Cl2NO5S/c1-25(22,23)12-5-2-10(3-6-12)16(21)24-9-15(20)19-14-7-4-11(17)8-13(14)18/h2-8H,9H2,1H3,(H,19,20). The predicted molar refractivity (Wildman–Crippen MR) is 94.9 cm³/mol. The molecular weight excluding hydrogens is 389 g/mol. The fourth-order valence-corrected chi connectivity index (χ4v) is 2.92. The number of nitrogens with one attached hydrogen (secondary N) is 1. The summed E-state index contributed by atoms with van der Waals surface area (Å²) in [6, 6.07) is 9.75. The first-order valence-corrected chi connectivity index (χ1v) is 9.54. The van der Waals surface area contributed by atoms with Gasteiger partial charge in [0.1, 0.15) is 0 Å². The normalized spacial score (nSPS) is 11.0. The molecule has 0 aliphatic carbocycles. The number of halogens is 2. The molecule has 2 aromatic carbocycles. The van der Waals surface area contributed by atoms with Crippen molar-refractivity contribution < 1.29 is 22.7 Å². The van der Waals surface area contributed by atoms with Gasteiger partial charge in [0.05, 0.1) is 21.2 Å². The molecule has 0 aliphatic rings. The maximum atomic E-state index is 11.9. The van der Waals surface area contributed by atoms with Crippen molar-refractivity contribution in [2.24, 2.45) is 0 Å². The van der Waals surface area contributed by atoms with E-state index in [1.807, 2.05) is 0 Å². The Morgan fingerprint density at radius 1 is 1.08 bits per heavy atom. The van der Waals surface area contributed by atoms with Crippen LogP contribution in [0.3, 0.4) is 0 Å². The Bertz CT molecular complexity index is 911. The van der Waals surface area contributed by atoms with E-state index in [-0.39, 0.29) is 15.5 Å². The second kappa shape index (κ2) is 7.86. The summed E-state index contributed by atoms with van der Waals surface area (Å²) < 4.78 is 27.6. The first-order chi connectivity index (χ1) is 11.7. The van der Waals surface area contributed by atoms with Gasteiger partial charge in [0.2, 0.25) is 0 Å². The largest absolute Gasteiger partial charge is 0.452 e. The zero-order valence-electron chi connectivity index (χ0n) is 13.0. The van der Waals surface area contributed by atoms with Crippen LogP contribution in [0.5, 0.6) is 0 Å². The molecule has 0 atom stereocenters. The van der Waals surface area contributed by atoms with Gasteiger partial charge in [-0.1, -0.05) is 23.2 Å². The summed E-state index contributed by atoms with van der Waals surface area (Å²) in [5.74, 6) is -1.33. The molecule has 0 heterocycles. The van der Waals surface area contributed by atoms with Crippen LogP contribution in [-0.2, 0) is 19.4 Å². The minimum atomic E-state index is -3.35. The number of rotatable bonds is 5. The highest BCUT2D eigenvalue weighted by atomic mass is 35.5. The number of benzene rings is 2. The Hall–Kier alpha value is -2.09. The summed E-state index contributed by atoms with van der Waals surface area (Å²) in [5, 5.41) is 3.16. The van der Waals surface area contributed by atoms with Gasteiger partial charge in [-0.3, -0.25) is 4.79 Å². The second-order valence-corrected chi connectivity index (χ2v) is 7.90. The van der Waals surface area contributed by atoms with Gasteiger partial charge in [-0.15, -0.1) is 0 Å². The SMILES string of the molecule is CS(=O)(=O)c1ccc(C(=O)OCC(=O)Nc2ccc(Cl)cc2Cl)cc1. The summed E-state index contributed by atoms with van der Waals surface area (Å²) in [6.07, 6.45) is 1.06. The zero-order valence-corrected chi connectivity index (χ0v) is 15.3. The van der Waals surface area contributed by atoms with Gasteiger partial charge in [-0.2, -0.15) is 0 Å². The maximum Gasteiger partial charge on any atom is 0.338 e.